The molecule has 1 aromatic carbocycles. The van der Waals surface area contributed by atoms with Gasteiger partial charge in [0, 0.05) is 16.2 Å². The van der Waals surface area contributed by atoms with E-state index < -0.39 is 11.7 Å². The number of nitrogens with one attached hydrogen (secondary N) is 1. The first kappa shape index (κ1) is 13.0. The standard InChI is InChI=1S/C12H7BrClFN2O/c13-8-4-7(5-9(15)6-8)12(18)17-11-10(14)2-1-3-16-11/h1-6H,(H,16,17,18). The molecule has 0 spiro atoms. The molecule has 1 heterocycles. The van der Waals surface area contributed by atoms with Gasteiger partial charge in [0.25, 0.3) is 5.91 Å². The molecule has 0 unspecified atom stereocenters. The molecule has 0 fully saturated rings. The topological polar surface area (TPSA) is 42.0 Å². The number of carbonyl (C=O) groups excluding carboxylic acids is 1. The number of pyridine rings is 1. The second-order valence-corrected chi connectivity index (χ2v) is 4.77. The first-order valence-corrected chi connectivity index (χ1v) is 6.11. The molecule has 92 valence electrons. The van der Waals surface area contributed by atoms with Crippen molar-refractivity contribution in [2.45, 2.75) is 0 Å². The lowest BCUT2D eigenvalue weighted by atomic mass is 10.2. The van der Waals surface area contributed by atoms with E-state index in [1.165, 1.54) is 18.3 Å². The van der Waals surface area contributed by atoms with Crippen LogP contribution in [-0.4, -0.2) is 10.9 Å². The fourth-order valence-electron chi connectivity index (χ4n) is 1.34. The highest BCUT2D eigenvalue weighted by Gasteiger charge is 2.11. The largest absolute Gasteiger partial charge is 0.305 e. The van der Waals surface area contributed by atoms with E-state index in [2.05, 4.69) is 26.2 Å². The molecular formula is C12H7BrClFN2O. The van der Waals surface area contributed by atoms with Gasteiger partial charge in [-0.15, -0.1) is 0 Å². The van der Waals surface area contributed by atoms with Crippen molar-refractivity contribution >= 4 is 39.3 Å². The molecule has 18 heavy (non-hydrogen) atoms. The number of halogens is 3. The molecule has 0 aliphatic rings. The van der Waals surface area contributed by atoms with Crippen LogP contribution in [0.4, 0.5) is 10.2 Å². The molecule has 0 saturated carbocycles. The molecule has 0 aliphatic carbocycles. The summed E-state index contributed by atoms with van der Waals surface area (Å²) >= 11 is 8.98. The molecule has 0 saturated heterocycles. The number of amides is 1. The van der Waals surface area contributed by atoms with Crippen LogP contribution < -0.4 is 5.32 Å². The molecule has 1 aromatic heterocycles. The summed E-state index contributed by atoms with van der Waals surface area (Å²) in [5.41, 5.74) is 0.184. The minimum atomic E-state index is -0.498. The number of benzene rings is 1. The van der Waals surface area contributed by atoms with Crippen molar-refractivity contribution in [1.29, 1.82) is 0 Å². The average Bonchev–Trinajstić information content (AvgIpc) is 2.31. The lowest BCUT2D eigenvalue weighted by molar-refractivity contribution is 0.102. The first-order valence-electron chi connectivity index (χ1n) is 4.94. The van der Waals surface area contributed by atoms with Crippen LogP contribution in [0.1, 0.15) is 10.4 Å². The fourth-order valence-corrected chi connectivity index (χ4v) is 1.98. The van der Waals surface area contributed by atoms with Crippen molar-refractivity contribution in [3.8, 4) is 0 Å². The minimum absolute atomic E-state index is 0.184. The van der Waals surface area contributed by atoms with E-state index in [9.17, 15) is 9.18 Å². The number of hydrogen-bond donors (Lipinski definition) is 1. The lowest BCUT2D eigenvalue weighted by Crippen LogP contribution is -2.13. The average molecular weight is 330 g/mol. The van der Waals surface area contributed by atoms with Crippen molar-refractivity contribution in [2.24, 2.45) is 0 Å². The Morgan fingerprint density at radius 2 is 2.17 bits per heavy atom. The van der Waals surface area contributed by atoms with Crippen LogP contribution in [0.15, 0.2) is 41.0 Å². The molecule has 0 atom stereocenters. The SMILES string of the molecule is O=C(Nc1ncccc1Cl)c1cc(F)cc(Br)c1. The van der Waals surface area contributed by atoms with E-state index in [-0.39, 0.29) is 11.4 Å². The summed E-state index contributed by atoms with van der Waals surface area (Å²) in [5.74, 6) is -0.734. The summed E-state index contributed by atoms with van der Waals surface area (Å²) in [5, 5.41) is 2.83. The quantitative estimate of drug-likeness (QED) is 0.908. The Bertz CT molecular complexity index is 586. The van der Waals surface area contributed by atoms with Gasteiger partial charge in [-0.3, -0.25) is 4.79 Å². The number of aromatic nitrogens is 1. The van der Waals surface area contributed by atoms with Crippen LogP contribution in [0.5, 0.6) is 0 Å². The van der Waals surface area contributed by atoms with E-state index in [0.29, 0.717) is 9.50 Å². The van der Waals surface area contributed by atoms with Gasteiger partial charge in [-0.2, -0.15) is 0 Å². The lowest BCUT2D eigenvalue weighted by Gasteiger charge is -2.06. The third-order valence-electron chi connectivity index (χ3n) is 2.12. The minimum Gasteiger partial charge on any atom is -0.305 e. The third kappa shape index (κ3) is 3.05. The normalized spacial score (nSPS) is 10.2. The van der Waals surface area contributed by atoms with Gasteiger partial charge in [-0.1, -0.05) is 27.5 Å². The highest BCUT2D eigenvalue weighted by molar-refractivity contribution is 9.10. The zero-order valence-corrected chi connectivity index (χ0v) is 11.3. The van der Waals surface area contributed by atoms with Crippen molar-refractivity contribution in [3.63, 3.8) is 0 Å². The highest BCUT2D eigenvalue weighted by atomic mass is 79.9. The maximum atomic E-state index is 13.2. The molecule has 1 N–H and O–H groups in total. The monoisotopic (exact) mass is 328 g/mol. The summed E-state index contributed by atoms with van der Waals surface area (Å²) < 4.78 is 13.6. The van der Waals surface area contributed by atoms with Crippen molar-refractivity contribution in [3.05, 3.63) is 57.4 Å². The van der Waals surface area contributed by atoms with Crippen LogP contribution in [0, 0.1) is 5.82 Å². The van der Waals surface area contributed by atoms with Gasteiger partial charge >= 0.3 is 0 Å². The maximum Gasteiger partial charge on any atom is 0.256 e. The van der Waals surface area contributed by atoms with Crippen LogP contribution in [0.3, 0.4) is 0 Å². The fraction of sp³-hybridized carbons (Fsp3) is 0. The maximum absolute atomic E-state index is 13.2. The van der Waals surface area contributed by atoms with Crippen LogP contribution in [0.2, 0.25) is 5.02 Å². The van der Waals surface area contributed by atoms with E-state index in [1.807, 2.05) is 0 Å². The Morgan fingerprint density at radius 1 is 1.39 bits per heavy atom. The Kier molecular flexibility index (Phi) is 3.93. The second kappa shape index (κ2) is 5.46. The van der Waals surface area contributed by atoms with Crippen molar-refractivity contribution in [1.82, 2.24) is 4.98 Å². The summed E-state index contributed by atoms with van der Waals surface area (Å²) in [6.07, 6.45) is 1.50. The van der Waals surface area contributed by atoms with Gasteiger partial charge in [-0.05, 0) is 30.3 Å². The van der Waals surface area contributed by atoms with E-state index in [4.69, 9.17) is 11.6 Å². The Hall–Kier alpha value is -1.46. The van der Waals surface area contributed by atoms with E-state index in [1.54, 1.807) is 12.1 Å². The van der Waals surface area contributed by atoms with Crippen molar-refractivity contribution < 1.29 is 9.18 Å². The van der Waals surface area contributed by atoms with E-state index in [0.717, 1.165) is 6.07 Å². The van der Waals surface area contributed by atoms with Crippen molar-refractivity contribution in [2.75, 3.05) is 5.32 Å². The van der Waals surface area contributed by atoms with Gasteiger partial charge in [-0.25, -0.2) is 9.37 Å². The van der Waals surface area contributed by atoms with Crippen LogP contribution in [-0.2, 0) is 0 Å². The molecule has 2 rings (SSSR count). The van der Waals surface area contributed by atoms with Crippen LogP contribution in [0.25, 0.3) is 0 Å². The summed E-state index contributed by atoms with van der Waals surface area (Å²) in [4.78, 5) is 15.8. The van der Waals surface area contributed by atoms with Crippen LogP contribution >= 0.6 is 27.5 Å². The van der Waals surface area contributed by atoms with Gasteiger partial charge in [0.15, 0.2) is 5.82 Å². The number of hydrogen-bond acceptors (Lipinski definition) is 2. The number of anilines is 1. The summed E-state index contributed by atoms with van der Waals surface area (Å²) in [7, 11) is 0. The molecule has 6 heteroatoms. The zero-order chi connectivity index (χ0) is 13.1. The van der Waals surface area contributed by atoms with Gasteiger partial charge < -0.3 is 5.32 Å². The highest BCUT2D eigenvalue weighted by Crippen LogP contribution is 2.20. The zero-order valence-electron chi connectivity index (χ0n) is 8.95. The number of rotatable bonds is 2. The summed E-state index contributed by atoms with van der Waals surface area (Å²) in [6, 6.07) is 7.17. The summed E-state index contributed by atoms with van der Waals surface area (Å²) in [6.45, 7) is 0. The second-order valence-electron chi connectivity index (χ2n) is 3.45. The predicted octanol–water partition coefficient (Wildman–Crippen LogP) is 3.89. The van der Waals surface area contributed by atoms with E-state index >= 15 is 0 Å². The molecule has 3 nitrogen and oxygen atoms in total. The molecule has 0 aliphatic heterocycles. The Morgan fingerprint density at radius 3 is 2.83 bits per heavy atom. The first-order chi connectivity index (χ1) is 8.56. The van der Waals surface area contributed by atoms with Gasteiger partial charge in [0.1, 0.15) is 5.82 Å². The van der Waals surface area contributed by atoms with Gasteiger partial charge in [0.2, 0.25) is 0 Å². The molecule has 0 bridgehead atoms. The Labute approximate surface area is 116 Å². The molecule has 0 radical (unpaired) electrons. The molecule has 2 aromatic rings. The third-order valence-corrected chi connectivity index (χ3v) is 2.88. The predicted molar refractivity (Wildman–Crippen MR) is 71.3 cm³/mol. The van der Waals surface area contributed by atoms with Gasteiger partial charge in [0.05, 0.1) is 5.02 Å². The molecular weight excluding hydrogens is 322 g/mol. The number of carbonyl (C=O) groups is 1. The number of nitrogens with zero attached hydrogens (tertiary/aromatic N) is 1. The Balaban J connectivity index is 2.25. The smallest absolute Gasteiger partial charge is 0.256 e. The molecule has 1 amide bonds.